The topological polar surface area (TPSA) is 88.3 Å². The molecule has 1 aromatic heterocycles. The lowest BCUT2D eigenvalue weighted by Crippen LogP contribution is -2.37. The molecule has 132 valence electrons. The Labute approximate surface area is 149 Å². The fourth-order valence-electron chi connectivity index (χ4n) is 3.35. The Kier molecular flexibility index (Phi) is 4.12. The highest BCUT2D eigenvalue weighted by Gasteiger charge is 2.31. The van der Waals surface area contributed by atoms with E-state index >= 15 is 0 Å². The van der Waals surface area contributed by atoms with Gasteiger partial charge in [-0.2, -0.15) is 0 Å². The number of aryl methyl sites for hydroxylation is 1. The first kappa shape index (κ1) is 16.3. The van der Waals surface area contributed by atoms with E-state index in [2.05, 4.69) is 38.5 Å². The molecule has 1 aliphatic rings. The zero-order chi connectivity index (χ0) is 18.1. The molecule has 2 heterocycles. The second-order valence-electron chi connectivity index (χ2n) is 6.49. The van der Waals surface area contributed by atoms with Crippen LogP contribution in [0.5, 0.6) is 0 Å². The number of nitrogens with zero attached hydrogens (tertiary/aromatic N) is 3. The quantitative estimate of drug-likeness (QED) is 0.778. The zero-order valence-corrected chi connectivity index (χ0v) is 14.3. The van der Waals surface area contributed by atoms with E-state index < -0.39 is 0 Å². The SMILES string of the molecule is Cc1nonc1C(=O)NC1CC(=O)N(Cc2cccc3ccccc23)C1. The molecule has 4 rings (SSSR count). The molecule has 0 saturated carbocycles. The molecular formula is C19H18N4O3. The molecule has 0 radical (unpaired) electrons. The van der Waals surface area contributed by atoms with E-state index in [1.54, 1.807) is 11.8 Å². The van der Waals surface area contributed by atoms with Crippen LogP contribution in [-0.4, -0.2) is 39.6 Å². The van der Waals surface area contributed by atoms with Crippen molar-refractivity contribution in [2.75, 3.05) is 6.54 Å². The molecular weight excluding hydrogens is 332 g/mol. The Morgan fingerprint density at radius 3 is 2.85 bits per heavy atom. The number of benzene rings is 2. The second kappa shape index (κ2) is 6.59. The van der Waals surface area contributed by atoms with Gasteiger partial charge in [-0.05, 0) is 28.4 Å². The molecule has 0 aliphatic carbocycles. The highest BCUT2D eigenvalue weighted by molar-refractivity contribution is 5.94. The summed E-state index contributed by atoms with van der Waals surface area (Å²) in [5.74, 6) is -0.341. The van der Waals surface area contributed by atoms with Crippen molar-refractivity contribution in [3.8, 4) is 0 Å². The maximum Gasteiger partial charge on any atom is 0.275 e. The summed E-state index contributed by atoms with van der Waals surface area (Å²) in [7, 11) is 0. The Hall–Kier alpha value is -3.22. The number of carbonyl (C=O) groups excluding carboxylic acids is 2. The van der Waals surface area contributed by atoms with E-state index in [0.29, 0.717) is 18.8 Å². The van der Waals surface area contributed by atoms with Crippen molar-refractivity contribution in [2.24, 2.45) is 0 Å². The van der Waals surface area contributed by atoms with Crippen LogP contribution >= 0.6 is 0 Å². The van der Waals surface area contributed by atoms with Gasteiger partial charge in [-0.25, -0.2) is 4.63 Å². The van der Waals surface area contributed by atoms with Crippen molar-refractivity contribution >= 4 is 22.6 Å². The van der Waals surface area contributed by atoms with Crippen molar-refractivity contribution in [3.05, 3.63) is 59.4 Å². The number of fused-ring (bicyclic) bond motifs is 1. The number of carbonyl (C=O) groups is 2. The number of aromatic nitrogens is 2. The maximum absolute atomic E-state index is 12.4. The van der Waals surface area contributed by atoms with Crippen LogP contribution in [0.4, 0.5) is 0 Å². The van der Waals surface area contributed by atoms with Crippen LogP contribution in [0.2, 0.25) is 0 Å². The number of hydrogen-bond donors (Lipinski definition) is 1. The molecule has 1 saturated heterocycles. The third-order valence-corrected chi connectivity index (χ3v) is 4.66. The van der Waals surface area contributed by atoms with E-state index in [1.807, 2.05) is 24.3 Å². The molecule has 1 aliphatic heterocycles. The molecule has 2 aromatic carbocycles. The van der Waals surface area contributed by atoms with Gasteiger partial charge < -0.3 is 10.2 Å². The van der Waals surface area contributed by atoms with E-state index in [4.69, 9.17) is 0 Å². The van der Waals surface area contributed by atoms with E-state index in [-0.39, 0.29) is 30.0 Å². The molecule has 7 nitrogen and oxygen atoms in total. The van der Waals surface area contributed by atoms with E-state index in [0.717, 1.165) is 16.3 Å². The molecule has 1 N–H and O–H groups in total. The van der Waals surface area contributed by atoms with Gasteiger partial charge in [0.05, 0.1) is 6.04 Å². The average Bonchev–Trinajstić information content (AvgIpc) is 3.21. The first-order valence-corrected chi connectivity index (χ1v) is 8.46. The summed E-state index contributed by atoms with van der Waals surface area (Å²) >= 11 is 0. The molecule has 1 atom stereocenters. The predicted molar refractivity (Wildman–Crippen MR) is 94.3 cm³/mol. The van der Waals surface area contributed by atoms with Crippen molar-refractivity contribution in [2.45, 2.75) is 25.9 Å². The van der Waals surface area contributed by atoms with Gasteiger partial charge >= 0.3 is 0 Å². The lowest BCUT2D eigenvalue weighted by molar-refractivity contribution is -0.128. The second-order valence-corrected chi connectivity index (χ2v) is 6.49. The standard InChI is InChI=1S/C19H18N4O3/c1-12-18(22-26-21-12)19(25)20-15-9-17(24)23(11-15)10-14-7-4-6-13-5-2-3-8-16(13)14/h2-8,15H,9-11H2,1H3,(H,20,25). The summed E-state index contributed by atoms with van der Waals surface area (Å²) < 4.78 is 4.55. The molecule has 3 aromatic rings. The van der Waals surface area contributed by atoms with Gasteiger partial charge in [-0.15, -0.1) is 0 Å². The first-order valence-electron chi connectivity index (χ1n) is 8.46. The van der Waals surface area contributed by atoms with Gasteiger partial charge in [-0.3, -0.25) is 9.59 Å². The summed E-state index contributed by atoms with van der Waals surface area (Å²) in [5.41, 5.74) is 1.68. The number of hydrogen-bond acceptors (Lipinski definition) is 5. The molecule has 2 amide bonds. The van der Waals surface area contributed by atoms with Crippen molar-refractivity contribution in [1.29, 1.82) is 0 Å². The first-order chi connectivity index (χ1) is 12.6. The van der Waals surface area contributed by atoms with Crippen molar-refractivity contribution in [1.82, 2.24) is 20.5 Å². The van der Waals surface area contributed by atoms with Crippen LogP contribution in [0.25, 0.3) is 10.8 Å². The number of rotatable bonds is 4. The number of likely N-dealkylation sites (tertiary alicyclic amines) is 1. The highest BCUT2D eigenvalue weighted by atomic mass is 16.6. The summed E-state index contributed by atoms with van der Waals surface area (Å²) in [6.45, 7) is 2.65. The average molecular weight is 350 g/mol. The van der Waals surface area contributed by atoms with E-state index in [9.17, 15) is 9.59 Å². The fraction of sp³-hybridized carbons (Fsp3) is 0.263. The van der Waals surface area contributed by atoms with Gasteiger partial charge in [-0.1, -0.05) is 47.6 Å². The minimum atomic E-state index is -0.367. The Balaban J connectivity index is 1.46. The molecule has 0 spiro atoms. The Bertz CT molecular complexity index is 976. The van der Waals surface area contributed by atoms with Crippen LogP contribution in [0.3, 0.4) is 0 Å². The number of amides is 2. The molecule has 1 unspecified atom stereocenters. The summed E-state index contributed by atoms with van der Waals surface area (Å²) in [6, 6.07) is 14.0. The smallest absolute Gasteiger partial charge is 0.275 e. The largest absolute Gasteiger partial charge is 0.345 e. The minimum absolute atomic E-state index is 0.0261. The van der Waals surface area contributed by atoms with Gasteiger partial charge in [0, 0.05) is 19.5 Å². The van der Waals surface area contributed by atoms with Crippen LogP contribution in [-0.2, 0) is 11.3 Å². The third kappa shape index (κ3) is 3.03. The minimum Gasteiger partial charge on any atom is -0.345 e. The van der Waals surface area contributed by atoms with Gasteiger partial charge in [0.15, 0.2) is 5.69 Å². The van der Waals surface area contributed by atoms with Crippen LogP contribution < -0.4 is 5.32 Å². The lowest BCUT2D eigenvalue weighted by Gasteiger charge is -2.18. The molecule has 26 heavy (non-hydrogen) atoms. The zero-order valence-electron chi connectivity index (χ0n) is 14.3. The molecule has 7 heteroatoms. The lowest BCUT2D eigenvalue weighted by atomic mass is 10.0. The summed E-state index contributed by atoms with van der Waals surface area (Å²) in [5, 5.41) is 12.3. The highest BCUT2D eigenvalue weighted by Crippen LogP contribution is 2.22. The van der Waals surface area contributed by atoms with Crippen LogP contribution in [0.15, 0.2) is 47.1 Å². The monoisotopic (exact) mass is 350 g/mol. The van der Waals surface area contributed by atoms with Gasteiger partial charge in [0.2, 0.25) is 5.91 Å². The van der Waals surface area contributed by atoms with Crippen molar-refractivity contribution in [3.63, 3.8) is 0 Å². The maximum atomic E-state index is 12.4. The molecule has 1 fully saturated rings. The van der Waals surface area contributed by atoms with Gasteiger partial charge in [0.25, 0.3) is 5.91 Å². The number of nitrogens with one attached hydrogen (secondary N) is 1. The third-order valence-electron chi connectivity index (χ3n) is 4.66. The normalized spacial score (nSPS) is 17.0. The van der Waals surface area contributed by atoms with E-state index in [1.165, 1.54) is 0 Å². The Morgan fingerprint density at radius 1 is 1.23 bits per heavy atom. The summed E-state index contributed by atoms with van der Waals surface area (Å²) in [4.78, 5) is 26.4. The Morgan fingerprint density at radius 2 is 2.04 bits per heavy atom. The summed E-state index contributed by atoms with van der Waals surface area (Å²) in [6.07, 6.45) is 0.279. The van der Waals surface area contributed by atoms with Crippen LogP contribution in [0, 0.1) is 6.92 Å². The predicted octanol–water partition coefficient (Wildman–Crippen LogP) is 2.06. The van der Waals surface area contributed by atoms with Gasteiger partial charge in [0.1, 0.15) is 5.69 Å². The van der Waals surface area contributed by atoms with Crippen LogP contribution in [0.1, 0.15) is 28.2 Å². The van der Waals surface area contributed by atoms with Crippen molar-refractivity contribution < 1.29 is 14.2 Å². The fourth-order valence-corrected chi connectivity index (χ4v) is 3.35. The molecule has 0 bridgehead atoms.